The Kier molecular flexibility index (Phi) is 6.17. The minimum absolute atomic E-state index is 0.911. The lowest BCUT2D eigenvalue weighted by atomic mass is 9.96. The van der Waals surface area contributed by atoms with Crippen molar-refractivity contribution in [3.8, 4) is 22.3 Å². The Bertz CT molecular complexity index is 2510. The van der Waals surface area contributed by atoms with Crippen LogP contribution in [0.4, 0.5) is 17.1 Å². The fourth-order valence-corrected chi connectivity index (χ4v) is 6.77. The second-order valence-corrected chi connectivity index (χ2v) is 11.8. The Morgan fingerprint density at radius 3 is 1.70 bits per heavy atom. The molecule has 8 aromatic carbocycles. The van der Waals surface area contributed by atoms with Crippen molar-refractivity contribution in [3.05, 3.63) is 176 Å². The zero-order valence-corrected chi connectivity index (χ0v) is 25.1. The second-order valence-electron chi connectivity index (χ2n) is 11.8. The molecule has 0 saturated carbocycles. The zero-order chi connectivity index (χ0) is 30.5. The van der Waals surface area contributed by atoms with Gasteiger partial charge in [0, 0.05) is 33.4 Å². The lowest BCUT2D eigenvalue weighted by Crippen LogP contribution is -2.09. The Morgan fingerprint density at radius 1 is 0.370 bits per heavy atom. The summed E-state index contributed by atoms with van der Waals surface area (Å²) in [5.41, 5.74) is 9.78. The number of benzene rings is 8. The van der Waals surface area contributed by atoms with Gasteiger partial charge in [0.05, 0.1) is 0 Å². The summed E-state index contributed by atoms with van der Waals surface area (Å²) in [6.07, 6.45) is 0. The van der Waals surface area contributed by atoms with Gasteiger partial charge in [0.15, 0.2) is 0 Å². The van der Waals surface area contributed by atoms with Gasteiger partial charge in [0.2, 0.25) is 0 Å². The first kappa shape index (κ1) is 26.3. The van der Waals surface area contributed by atoms with Crippen LogP contribution in [0.2, 0.25) is 0 Å². The predicted octanol–water partition coefficient (Wildman–Crippen LogP) is 12.7. The zero-order valence-electron chi connectivity index (χ0n) is 25.1. The number of hydrogen-bond donors (Lipinski definition) is 0. The second kappa shape index (κ2) is 10.8. The molecule has 0 unspecified atom stereocenters. The molecule has 0 radical (unpaired) electrons. The third kappa shape index (κ3) is 4.43. The molecule has 216 valence electrons. The molecule has 9 aromatic rings. The minimum atomic E-state index is 0.911. The van der Waals surface area contributed by atoms with Crippen molar-refractivity contribution in [2.45, 2.75) is 0 Å². The van der Waals surface area contributed by atoms with Gasteiger partial charge in [-0.3, -0.25) is 0 Å². The normalized spacial score (nSPS) is 11.5. The molecule has 0 spiro atoms. The van der Waals surface area contributed by atoms with E-state index in [-0.39, 0.29) is 0 Å². The minimum Gasteiger partial charge on any atom is -0.455 e. The van der Waals surface area contributed by atoms with Crippen LogP contribution in [-0.4, -0.2) is 0 Å². The number of rotatable bonds is 5. The van der Waals surface area contributed by atoms with Crippen LogP contribution >= 0.6 is 0 Å². The largest absolute Gasteiger partial charge is 0.455 e. The van der Waals surface area contributed by atoms with Gasteiger partial charge in [-0.2, -0.15) is 0 Å². The van der Waals surface area contributed by atoms with Crippen LogP contribution in [0.3, 0.4) is 0 Å². The van der Waals surface area contributed by atoms with E-state index in [1.165, 1.54) is 38.1 Å². The van der Waals surface area contributed by atoms with E-state index in [0.29, 0.717) is 0 Å². The summed E-state index contributed by atoms with van der Waals surface area (Å²) in [6.45, 7) is 0. The summed E-state index contributed by atoms with van der Waals surface area (Å²) in [5, 5.41) is 7.25. The highest BCUT2D eigenvalue weighted by Gasteiger charge is 2.17. The molecule has 46 heavy (non-hydrogen) atoms. The Morgan fingerprint density at radius 2 is 0.935 bits per heavy atom. The van der Waals surface area contributed by atoms with Crippen molar-refractivity contribution in [2.24, 2.45) is 0 Å². The molecule has 0 atom stereocenters. The molecule has 1 aromatic heterocycles. The first-order valence-electron chi connectivity index (χ1n) is 15.7. The van der Waals surface area contributed by atoms with Crippen molar-refractivity contribution in [1.29, 1.82) is 0 Å². The van der Waals surface area contributed by atoms with E-state index in [0.717, 1.165) is 44.7 Å². The third-order valence-electron chi connectivity index (χ3n) is 9.03. The fraction of sp³-hybridized carbons (Fsp3) is 0. The van der Waals surface area contributed by atoms with Gasteiger partial charge < -0.3 is 9.32 Å². The lowest BCUT2D eigenvalue weighted by molar-refractivity contribution is 0.670. The number of hydrogen-bond acceptors (Lipinski definition) is 2. The van der Waals surface area contributed by atoms with E-state index in [2.05, 4.69) is 175 Å². The van der Waals surface area contributed by atoms with Crippen molar-refractivity contribution in [2.75, 3.05) is 4.90 Å². The number of nitrogens with zero attached hydrogens (tertiary/aromatic N) is 1. The fourth-order valence-electron chi connectivity index (χ4n) is 6.77. The van der Waals surface area contributed by atoms with Crippen LogP contribution in [0, 0.1) is 0 Å². The first-order valence-corrected chi connectivity index (χ1v) is 15.7. The van der Waals surface area contributed by atoms with Crippen LogP contribution in [-0.2, 0) is 0 Å². The van der Waals surface area contributed by atoms with E-state index in [9.17, 15) is 0 Å². The number of fused-ring (bicyclic) bond motifs is 6. The van der Waals surface area contributed by atoms with Crippen LogP contribution in [0.1, 0.15) is 0 Å². The van der Waals surface area contributed by atoms with Gasteiger partial charge in [0.25, 0.3) is 0 Å². The molecule has 0 aliphatic rings. The first-order chi connectivity index (χ1) is 22.8. The van der Waals surface area contributed by atoms with E-state index in [4.69, 9.17) is 4.42 Å². The molecule has 0 aliphatic carbocycles. The molecule has 0 saturated heterocycles. The SMILES string of the molecule is c1ccc(N(c2ccc(-c3ccc4ccccc4c3)cc2)c2ccc(-c3cc4ccccc4c4c3oc3ccccc34)cc2)cc1. The Balaban J connectivity index is 1.13. The van der Waals surface area contributed by atoms with Crippen molar-refractivity contribution in [1.82, 2.24) is 0 Å². The van der Waals surface area contributed by atoms with Crippen molar-refractivity contribution in [3.63, 3.8) is 0 Å². The summed E-state index contributed by atoms with van der Waals surface area (Å²) >= 11 is 0. The van der Waals surface area contributed by atoms with Crippen LogP contribution in [0.25, 0.3) is 65.7 Å². The van der Waals surface area contributed by atoms with Crippen molar-refractivity contribution < 1.29 is 4.42 Å². The Labute approximate surface area is 267 Å². The highest BCUT2D eigenvalue weighted by Crippen LogP contribution is 2.42. The monoisotopic (exact) mass is 587 g/mol. The average Bonchev–Trinajstić information content (AvgIpc) is 3.52. The van der Waals surface area contributed by atoms with Gasteiger partial charge in [-0.15, -0.1) is 0 Å². The summed E-state index contributed by atoms with van der Waals surface area (Å²) in [6, 6.07) is 62.6. The molecule has 0 bridgehead atoms. The topological polar surface area (TPSA) is 16.4 Å². The lowest BCUT2D eigenvalue weighted by Gasteiger charge is -2.26. The van der Waals surface area contributed by atoms with Crippen molar-refractivity contribution >= 4 is 60.5 Å². The molecular weight excluding hydrogens is 558 g/mol. The van der Waals surface area contributed by atoms with Crippen LogP contribution in [0.5, 0.6) is 0 Å². The summed E-state index contributed by atoms with van der Waals surface area (Å²) in [7, 11) is 0. The van der Waals surface area contributed by atoms with Gasteiger partial charge in [-0.25, -0.2) is 0 Å². The smallest absolute Gasteiger partial charge is 0.143 e. The summed E-state index contributed by atoms with van der Waals surface area (Å²) < 4.78 is 6.52. The highest BCUT2D eigenvalue weighted by molar-refractivity contribution is 6.22. The Hall–Kier alpha value is -6.12. The quantitative estimate of drug-likeness (QED) is 0.199. The maximum atomic E-state index is 6.52. The van der Waals surface area contributed by atoms with E-state index in [1.807, 2.05) is 6.07 Å². The third-order valence-corrected chi connectivity index (χ3v) is 9.03. The van der Waals surface area contributed by atoms with E-state index >= 15 is 0 Å². The summed E-state index contributed by atoms with van der Waals surface area (Å²) in [4.78, 5) is 2.31. The molecule has 2 nitrogen and oxygen atoms in total. The molecule has 2 heteroatoms. The summed E-state index contributed by atoms with van der Waals surface area (Å²) in [5.74, 6) is 0. The van der Waals surface area contributed by atoms with Gasteiger partial charge in [-0.05, 0) is 92.8 Å². The molecule has 0 amide bonds. The van der Waals surface area contributed by atoms with E-state index in [1.54, 1.807) is 0 Å². The molecule has 0 aliphatic heterocycles. The standard InChI is InChI=1S/C44H29NO/c1-2-13-36(14-3-1)45(37-24-20-31(21-25-37)34-19-18-30-10-4-5-11-33(30)28-34)38-26-22-32(23-27-38)41-29-35-12-6-7-15-39(35)43-40-16-8-9-17-42(40)46-44(41)43/h1-29H. The van der Waals surface area contributed by atoms with Gasteiger partial charge in [-0.1, -0.05) is 121 Å². The number of anilines is 3. The van der Waals surface area contributed by atoms with E-state index < -0.39 is 0 Å². The van der Waals surface area contributed by atoms with Gasteiger partial charge >= 0.3 is 0 Å². The average molecular weight is 588 g/mol. The molecular formula is C44H29NO. The molecule has 0 N–H and O–H groups in total. The number of para-hydroxylation sites is 2. The van der Waals surface area contributed by atoms with Crippen LogP contribution in [0.15, 0.2) is 180 Å². The van der Waals surface area contributed by atoms with Gasteiger partial charge in [0.1, 0.15) is 11.2 Å². The molecule has 1 heterocycles. The maximum Gasteiger partial charge on any atom is 0.143 e. The predicted molar refractivity (Wildman–Crippen MR) is 194 cm³/mol. The van der Waals surface area contributed by atoms with Crippen LogP contribution < -0.4 is 4.90 Å². The highest BCUT2D eigenvalue weighted by atomic mass is 16.3. The number of furan rings is 1. The molecule has 0 fully saturated rings. The molecule has 9 rings (SSSR count). The maximum absolute atomic E-state index is 6.52.